The van der Waals surface area contributed by atoms with Gasteiger partial charge < -0.3 is 10.1 Å². The van der Waals surface area contributed by atoms with Crippen LogP contribution in [0.5, 0.6) is 5.75 Å². The maximum atomic E-state index is 5.43. The summed E-state index contributed by atoms with van der Waals surface area (Å²) in [6.07, 6.45) is 2.12. The number of methoxy groups -OCH3 is 1. The van der Waals surface area contributed by atoms with Gasteiger partial charge in [-0.1, -0.05) is 36.7 Å². The van der Waals surface area contributed by atoms with Crippen LogP contribution in [0.4, 0.5) is 0 Å². The molecule has 18 heavy (non-hydrogen) atoms. The first-order valence-corrected chi connectivity index (χ1v) is 7.14. The van der Waals surface area contributed by atoms with E-state index in [0.717, 1.165) is 23.1 Å². The predicted molar refractivity (Wildman–Crippen MR) is 81.3 cm³/mol. The molecule has 0 heterocycles. The fourth-order valence-corrected chi connectivity index (χ4v) is 2.60. The van der Waals surface area contributed by atoms with Gasteiger partial charge in [-0.3, -0.25) is 0 Å². The molecule has 0 aliphatic heterocycles. The lowest BCUT2D eigenvalue weighted by molar-refractivity contribution is 0.313. The van der Waals surface area contributed by atoms with E-state index >= 15 is 0 Å². The highest BCUT2D eigenvalue weighted by molar-refractivity contribution is 9.10. The van der Waals surface area contributed by atoms with Gasteiger partial charge in [0, 0.05) is 10.5 Å². The van der Waals surface area contributed by atoms with E-state index in [4.69, 9.17) is 4.74 Å². The van der Waals surface area contributed by atoms with Crippen molar-refractivity contribution in [1.29, 1.82) is 0 Å². The molecule has 0 aliphatic rings. The van der Waals surface area contributed by atoms with Gasteiger partial charge in [-0.2, -0.15) is 0 Å². The first kappa shape index (κ1) is 15.5. The van der Waals surface area contributed by atoms with Crippen molar-refractivity contribution in [2.45, 2.75) is 39.7 Å². The summed E-state index contributed by atoms with van der Waals surface area (Å²) in [4.78, 5) is 0. The molecule has 0 amide bonds. The summed E-state index contributed by atoms with van der Waals surface area (Å²) in [6.45, 7) is 6.82. The van der Waals surface area contributed by atoms with Crippen molar-refractivity contribution in [3.8, 4) is 5.75 Å². The largest absolute Gasteiger partial charge is 0.496 e. The van der Waals surface area contributed by atoms with Crippen LogP contribution in [0.1, 0.15) is 32.8 Å². The Morgan fingerprint density at radius 1 is 1.33 bits per heavy atom. The summed E-state index contributed by atoms with van der Waals surface area (Å²) in [6, 6.07) is 6.64. The number of hydrogen-bond donors (Lipinski definition) is 1. The van der Waals surface area contributed by atoms with Crippen LogP contribution < -0.4 is 10.1 Å². The van der Waals surface area contributed by atoms with Crippen LogP contribution >= 0.6 is 15.9 Å². The summed E-state index contributed by atoms with van der Waals surface area (Å²) in [5.74, 6) is 0.965. The molecule has 1 rings (SSSR count). The van der Waals surface area contributed by atoms with Gasteiger partial charge in [-0.05, 0) is 49.1 Å². The predicted octanol–water partition coefficient (Wildman–Crippen LogP) is 4.02. The van der Waals surface area contributed by atoms with Crippen molar-refractivity contribution in [3.63, 3.8) is 0 Å². The lowest BCUT2D eigenvalue weighted by Gasteiger charge is -2.26. The van der Waals surface area contributed by atoms with Gasteiger partial charge in [0.15, 0.2) is 0 Å². The van der Waals surface area contributed by atoms with Crippen molar-refractivity contribution in [2.24, 2.45) is 5.41 Å². The average Bonchev–Trinajstić information content (AvgIpc) is 2.26. The van der Waals surface area contributed by atoms with E-state index in [2.05, 4.69) is 48.1 Å². The number of nitrogens with one attached hydrogen (secondary N) is 1. The molecular formula is C15H24BrNO. The second-order valence-electron chi connectivity index (χ2n) is 5.91. The number of benzene rings is 1. The molecule has 0 fully saturated rings. The maximum absolute atomic E-state index is 5.43. The van der Waals surface area contributed by atoms with Crippen LogP contribution in [0.3, 0.4) is 0 Å². The van der Waals surface area contributed by atoms with Gasteiger partial charge in [0.2, 0.25) is 0 Å². The minimum absolute atomic E-state index is 0.326. The smallest absolute Gasteiger partial charge is 0.122 e. The van der Waals surface area contributed by atoms with E-state index < -0.39 is 0 Å². The number of likely N-dealkylation sites (N-methyl/N-ethyl adjacent to an activating group) is 1. The zero-order chi connectivity index (χ0) is 13.8. The van der Waals surface area contributed by atoms with Crippen LogP contribution in [-0.2, 0) is 6.42 Å². The van der Waals surface area contributed by atoms with Gasteiger partial charge in [-0.15, -0.1) is 0 Å². The fourth-order valence-electron chi connectivity index (χ4n) is 2.19. The molecular weight excluding hydrogens is 290 g/mol. The van der Waals surface area contributed by atoms with Gasteiger partial charge in [0.05, 0.1) is 7.11 Å². The topological polar surface area (TPSA) is 21.3 Å². The van der Waals surface area contributed by atoms with E-state index in [-0.39, 0.29) is 0 Å². The first-order valence-electron chi connectivity index (χ1n) is 6.35. The minimum atomic E-state index is 0.326. The Labute approximate surface area is 119 Å². The molecule has 0 spiro atoms. The molecule has 102 valence electrons. The Bertz CT molecular complexity index is 385. The highest BCUT2D eigenvalue weighted by Crippen LogP contribution is 2.27. The van der Waals surface area contributed by atoms with Gasteiger partial charge in [-0.25, -0.2) is 0 Å². The summed E-state index contributed by atoms with van der Waals surface area (Å²) in [5, 5.41) is 3.41. The molecule has 1 unspecified atom stereocenters. The van der Waals surface area contributed by atoms with E-state index in [1.165, 1.54) is 5.56 Å². The van der Waals surface area contributed by atoms with Crippen molar-refractivity contribution in [2.75, 3.05) is 14.2 Å². The molecule has 2 nitrogen and oxygen atoms in total. The first-order chi connectivity index (χ1) is 8.35. The summed E-state index contributed by atoms with van der Waals surface area (Å²) >= 11 is 3.52. The summed E-state index contributed by atoms with van der Waals surface area (Å²) < 4.78 is 6.53. The van der Waals surface area contributed by atoms with E-state index in [9.17, 15) is 0 Å². The van der Waals surface area contributed by atoms with Crippen molar-refractivity contribution in [3.05, 3.63) is 28.2 Å². The molecule has 0 saturated carbocycles. The number of hydrogen-bond acceptors (Lipinski definition) is 2. The molecule has 1 N–H and O–H groups in total. The zero-order valence-electron chi connectivity index (χ0n) is 12.0. The molecule has 3 heteroatoms. The maximum Gasteiger partial charge on any atom is 0.122 e. The third-order valence-corrected chi connectivity index (χ3v) is 3.47. The Morgan fingerprint density at radius 3 is 2.50 bits per heavy atom. The second-order valence-corrected chi connectivity index (χ2v) is 6.83. The van der Waals surface area contributed by atoms with Crippen molar-refractivity contribution < 1.29 is 4.74 Å². The summed E-state index contributed by atoms with van der Waals surface area (Å²) in [7, 11) is 3.76. The Balaban J connectivity index is 2.84. The lowest BCUT2D eigenvalue weighted by Crippen LogP contribution is -2.32. The molecule has 1 atom stereocenters. The highest BCUT2D eigenvalue weighted by atomic mass is 79.9. The molecule has 0 aliphatic carbocycles. The quantitative estimate of drug-likeness (QED) is 0.886. The standard InChI is InChI=1S/C15H24BrNO/c1-15(2,3)10-13(17-4)9-11-8-12(16)6-7-14(11)18-5/h6-8,13,17H,9-10H2,1-5H3. The minimum Gasteiger partial charge on any atom is -0.496 e. The molecule has 1 aromatic rings. The van der Waals surface area contributed by atoms with Crippen LogP contribution in [0.15, 0.2) is 22.7 Å². The molecule has 0 radical (unpaired) electrons. The molecule has 1 aromatic carbocycles. The monoisotopic (exact) mass is 313 g/mol. The van der Waals surface area contributed by atoms with Crippen LogP contribution in [-0.4, -0.2) is 20.2 Å². The number of ether oxygens (including phenoxy) is 1. The van der Waals surface area contributed by atoms with E-state index in [0.29, 0.717) is 11.5 Å². The normalized spacial score (nSPS) is 13.4. The van der Waals surface area contributed by atoms with Gasteiger partial charge in [0.1, 0.15) is 5.75 Å². The van der Waals surface area contributed by atoms with Crippen LogP contribution in [0, 0.1) is 5.41 Å². The number of halogens is 1. The zero-order valence-corrected chi connectivity index (χ0v) is 13.6. The molecule has 0 saturated heterocycles. The van der Waals surface area contributed by atoms with Gasteiger partial charge in [0.25, 0.3) is 0 Å². The van der Waals surface area contributed by atoms with E-state index in [1.807, 2.05) is 19.2 Å². The van der Waals surface area contributed by atoms with Crippen molar-refractivity contribution >= 4 is 15.9 Å². The van der Waals surface area contributed by atoms with Gasteiger partial charge >= 0.3 is 0 Å². The Kier molecular flexibility index (Phi) is 5.67. The average molecular weight is 314 g/mol. The van der Waals surface area contributed by atoms with Crippen LogP contribution in [0.25, 0.3) is 0 Å². The second kappa shape index (κ2) is 6.58. The lowest BCUT2D eigenvalue weighted by atomic mass is 9.86. The van der Waals surface area contributed by atoms with Crippen LogP contribution in [0.2, 0.25) is 0 Å². The number of rotatable bonds is 5. The summed E-state index contributed by atoms with van der Waals surface area (Å²) in [5.41, 5.74) is 1.57. The highest BCUT2D eigenvalue weighted by Gasteiger charge is 2.19. The molecule has 0 aromatic heterocycles. The molecule has 0 bridgehead atoms. The Morgan fingerprint density at radius 2 is 2.00 bits per heavy atom. The van der Waals surface area contributed by atoms with Crippen molar-refractivity contribution in [1.82, 2.24) is 5.32 Å². The van der Waals surface area contributed by atoms with E-state index in [1.54, 1.807) is 7.11 Å². The fraction of sp³-hybridized carbons (Fsp3) is 0.600. The third-order valence-electron chi connectivity index (χ3n) is 2.98. The Hall–Kier alpha value is -0.540. The third kappa shape index (κ3) is 4.99. The SMILES string of the molecule is CNC(Cc1cc(Br)ccc1OC)CC(C)(C)C.